The molecule has 0 amide bonds. The lowest BCUT2D eigenvalue weighted by molar-refractivity contribution is 0.306. The van der Waals surface area contributed by atoms with Gasteiger partial charge in [0.2, 0.25) is 0 Å². The van der Waals surface area contributed by atoms with Gasteiger partial charge in [-0.05, 0) is 32.9 Å². The smallest absolute Gasteiger partial charge is 0.280 e. The lowest BCUT2D eigenvalue weighted by Gasteiger charge is -2.17. The second-order valence-electron chi connectivity index (χ2n) is 4.89. The van der Waals surface area contributed by atoms with Crippen LogP contribution in [0.2, 0.25) is 0 Å². The van der Waals surface area contributed by atoms with Gasteiger partial charge in [0, 0.05) is 12.6 Å². The molecule has 1 saturated heterocycles. The Kier molecular flexibility index (Phi) is 3.31. The van der Waals surface area contributed by atoms with Gasteiger partial charge in [-0.25, -0.2) is 0 Å². The van der Waals surface area contributed by atoms with Crippen LogP contribution in [0.15, 0.2) is 15.1 Å². The van der Waals surface area contributed by atoms with Crippen molar-refractivity contribution in [3.05, 3.63) is 17.7 Å². The first-order valence-electron chi connectivity index (χ1n) is 6.47. The van der Waals surface area contributed by atoms with Crippen molar-refractivity contribution in [3.63, 3.8) is 0 Å². The molecule has 1 fully saturated rings. The molecule has 1 aliphatic heterocycles. The van der Waals surface area contributed by atoms with Crippen molar-refractivity contribution in [1.29, 1.82) is 0 Å². The van der Waals surface area contributed by atoms with Gasteiger partial charge < -0.3 is 19.7 Å². The van der Waals surface area contributed by atoms with Gasteiger partial charge in [0.25, 0.3) is 5.89 Å². The molecule has 2 N–H and O–H groups in total. The summed E-state index contributed by atoms with van der Waals surface area (Å²) in [6, 6.07) is 1.52. The largest absolute Gasteiger partial charge is 0.361 e. The highest BCUT2D eigenvalue weighted by Crippen LogP contribution is 2.19. The van der Waals surface area contributed by atoms with Gasteiger partial charge in [0.15, 0.2) is 11.5 Å². The predicted molar refractivity (Wildman–Crippen MR) is 67.1 cm³/mol. The van der Waals surface area contributed by atoms with Crippen LogP contribution in [0.1, 0.15) is 30.5 Å². The number of aryl methyl sites for hydroxylation is 1. The number of nitrogens with zero attached hydrogens (tertiary/aromatic N) is 4. The van der Waals surface area contributed by atoms with E-state index < -0.39 is 0 Å². The first-order chi connectivity index (χ1) is 9.22. The van der Waals surface area contributed by atoms with Gasteiger partial charge in [-0.1, -0.05) is 10.3 Å². The number of hydrogen-bond acceptors (Lipinski definition) is 7. The number of rotatable bonds is 4. The second-order valence-corrected chi connectivity index (χ2v) is 4.89. The van der Waals surface area contributed by atoms with Crippen molar-refractivity contribution in [3.8, 4) is 11.6 Å². The standard InChI is InChI=1S/C12H17N5O2/c1-8-6-10(15-18-8)12-14-11(16-19-12)9(13)7-17-4-2-3-5-17/h6,9H,2-5,7,13H2,1H3. The van der Waals surface area contributed by atoms with E-state index in [1.54, 1.807) is 6.07 Å². The van der Waals surface area contributed by atoms with Crippen LogP contribution in [0.25, 0.3) is 11.6 Å². The summed E-state index contributed by atoms with van der Waals surface area (Å²) in [5, 5.41) is 7.76. The molecule has 102 valence electrons. The van der Waals surface area contributed by atoms with Crippen molar-refractivity contribution < 1.29 is 9.05 Å². The van der Waals surface area contributed by atoms with Gasteiger partial charge in [0.05, 0.1) is 6.04 Å². The average molecular weight is 263 g/mol. The minimum absolute atomic E-state index is 0.233. The molecule has 2 aromatic rings. The van der Waals surface area contributed by atoms with E-state index in [-0.39, 0.29) is 6.04 Å². The number of likely N-dealkylation sites (tertiary alicyclic amines) is 1. The van der Waals surface area contributed by atoms with Crippen molar-refractivity contribution in [1.82, 2.24) is 20.2 Å². The highest BCUT2D eigenvalue weighted by molar-refractivity contribution is 5.45. The van der Waals surface area contributed by atoms with Crippen molar-refractivity contribution in [2.24, 2.45) is 5.73 Å². The molecular formula is C12H17N5O2. The van der Waals surface area contributed by atoms with Gasteiger partial charge in [0.1, 0.15) is 5.76 Å². The Morgan fingerprint density at radius 2 is 2.11 bits per heavy atom. The third kappa shape index (κ3) is 2.66. The normalized spacial score (nSPS) is 18.0. The van der Waals surface area contributed by atoms with E-state index in [0.717, 1.165) is 19.6 Å². The van der Waals surface area contributed by atoms with Crippen LogP contribution in [-0.4, -0.2) is 39.8 Å². The van der Waals surface area contributed by atoms with Gasteiger partial charge in [-0.3, -0.25) is 0 Å². The average Bonchev–Trinajstić information content (AvgIpc) is 3.07. The predicted octanol–water partition coefficient (Wildman–Crippen LogP) is 1.13. The minimum Gasteiger partial charge on any atom is -0.361 e. The van der Waals surface area contributed by atoms with Crippen LogP contribution in [-0.2, 0) is 0 Å². The molecule has 0 aromatic carbocycles. The third-order valence-corrected chi connectivity index (χ3v) is 3.27. The van der Waals surface area contributed by atoms with Crippen LogP contribution in [0, 0.1) is 6.92 Å². The maximum atomic E-state index is 6.10. The van der Waals surface area contributed by atoms with Gasteiger partial charge in [-0.15, -0.1) is 0 Å². The highest BCUT2D eigenvalue weighted by Gasteiger charge is 2.21. The fourth-order valence-electron chi connectivity index (χ4n) is 2.28. The molecule has 0 saturated carbocycles. The molecule has 1 aliphatic rings. The van der Waals surface area contributed by atoms with Crippen molar-refractivity contribution in [2.75, 3.05) is 19.6 Å². The van der Waals surface area contributed by atoms with E-state index in [9.17, 15) is 0 Å². The third-order valence-electron chi connectivity index (χ3n) is 3.27. The van der Waals surface area contributed by atoms with Crippen molar-refractivity contribution in [2.45, 2.75) is 25.8 Å². The second kappa shape index (κ2) is 5.10. The fraction of sp³-hybridized carbons (Fsp3) is 0.583. The summed E-state index contributed by atoms with van der Waals surface area (Å²) in [4.78, 5) is 6.60. The molecule has 0 radical (unpaired) electrons. The lowest BCUT2D eigenvalue weighted by Crippen LogP contribution is -2.30. The molecule has 0 spiro atoms. The summed E-state index contributed by atoms with van der Waals surface area (Å²) >= 11 is 0. The van der Waals surface area contributed by atoms with Crippen LogP contribution in [0.4, 0.5) is 0 Å². The monoisotopic (exact) mass is 263 g/mol. The molecule has 19 heavy (non-hydrogen) atoms. The van der Waals surface area contributed by atoms with Crippen molar-refractivity contribution >= 4 is 0 Å². The molecule has 1 atom stereocenters. The summed E-state index contributed by atoms with van der Waals surface area (Å²) in [6.45, 7) is 4.77. The molecule has 0 bridgehead atoms. The fourth-order valence-corrected chi connectivity index (χ4v) is 2.28. The van der Waals surface area contributed by atoms with Crippen LogP contribution in [0.5, 0.6) is 0 Å². The zero-order chi connectivity index (χ0) is 13.2. The summed E-state index contributed by atoms with van der Waals surface area (Å²) in [7, 11) is 0. The first-order valence-corrected chi connectivity index (χ1v) is 6.47. The van der Waals surface area contributed by atoms with Crippen LogP contribution >= 0.6 is 0 Å². The Hall–Kier alpha value is -1.73. The van der Waals surface area contributed by atoms with Gasteiger partial charge in [-0.2, -0.15) is 4.98 Å². The van der Waals surface area contributed by atoms with E-state index in [0.29, 0.717) is 23.2 Å². The first kappa shape index (κ1) is 12.3. The molecule has 7 heteroatoms. The maximum absolute atomic E-state index is 6.10. The summed E-state index contributed by atoms with van der Waals surface area (Å²) in [5.74, 6) is 1.57. The molecule has 1 unspecified atom stereocenters. The zero-order valence-corrected chi connectivity index (χ0v) is 10.9. The summed E-state index contributed by atoms with van der Waals surface area (Å²) < 4.78 is 10.1. The summed E-state index contributed by atoms with van der Waals surface area (Å²) in [6.07, 6.45) is 2.48. The lowest BCUT2D eigenvalue weighted by atomic mass is 10.3. The van der Waals surface area contributed by atoms with E-state index in [1.807, 2.05) is 6.92 Å². The molecule has 3 heterocycles. The molecule has 2 aromatic heterocycles. The SMILES string of the molecule is Cc1cc(-c2nc(C(N)CN3CCCC3)no2)no1. The molecule has 0 aliphatic carbocycles. The minimum atomic E-state index is -0.233. The molecule has 7 nitrogen and oxygen atoms in total. The highest BCUT2D eigenvalue weighted by atomic mass is 16.5. The Bertz CT molecular complexity index is 544. The van der Waals surface area contributed by atoms with E-state index in [1.165, 1.54) is 12.8 Å². The van der Waals surface area contributed by atoms with Gasteiger partial charge >= 0.3 is 0 Å². The van der Waals surface area contributed by atoms with E-state index in [4.69, 9.17) is 14.8 Å². The quantitative estimate of drug-likeness (QED) is 0.883. The zero-order valence-electron chi connectivity index (χ0n) is 10.9. The number of nitrogens with two attached hydrogens (primary N) is 1. The van der Waals surface area contributed by atoms with E-state index in [2.05, 4.69) is 20.2 Å². The van der Waals surface area contributed by atoms with Crippen LogP contribution in [0.3, 0.4) is 0 Å². The Morgan fingerprint density at radius 1 is 1.32 bits per heavy atom. The topological polar surface area (TPSA) is 94.2 Å². The number of hydrogen-bond donors (Lipinski definition) is 1. The van der Waals surface area contributed by atoms with Crippen LogP contribution < -0.4 is 5.73 Å². The number of aromatic nitrogens is 3. The van der Waals surface area contributed by atoms with E-state index >= 15 is 0 Å². The molecule has 3 rings (SSSR count). The molecular weight excluding hydrogens is 246 g/mol. The summed E-state index contributed by atoms with van der Waals surface area (Å²) in [5.41, 5.74) is 6.65. The Morgan fingerprint density at radius 3 is 2.79 bits per heavy atom. The Labute approximate surface area is 110 Å². The maximum Gasteiger partial charge on any atom is 0.280 e. The Balaban J connectivity index is 1.69.